The van der Waals surface area contributed by atoms with Crippen LogP contribution in [0.2, 0.25) is 0 Å². The molecule has 1 saturated carbocycles. The van der Waals surface area contributed by atoms with Crippen molar-refractivity contribution in [3.05, 3.63) is 0 Å². The monoisotopic (exact) mass is 254 g/mol. The second kappa shape index (κ2) is 7.13. The molecule has 1 rings (SSSR count). The molecule has 0 aromatic rings. The molecule has 1 fully saturated rings. The molecule has 1 aliphatic carbocycles. The van der Waals surface area contributed by atoms with Gasteiger partial charge in [0.15, 0.2) is 0 Å². The summed E-state index contributed by atoms with van der Waals surface area (Å²) in [6.07, 6.45) is 5.46. The van der Waals surface area contributed by atoms with E-state index in [2.05, 4.69) is 33.0 Å². The summed E-state index contributed by atoms with van der Waals surface area (Å²) < 4.78 is 0. The summed E-state index contributed by atoms with van der Waals surface area (Å²) in [4.78, 5) is 12.2. The highest BCUT2D eigenvalue weighted by molar-refractivity contribution is 5.79. The van der Waals surface area contributed by atoms with Gasteiger partial charge in [-0.15, -0.1) is 0 Å². The van der Waals surface area contributed by atoms with Crippen LogP contribution in [0.1, 0.15) is 59.8 Å². The molecule has 4 atom stereocenters. The van der Waals surface area contributed by atoms with E-state index in [9.17, 15) is 4.79 Å². The molecule has 1 amide bonds. The Labute approximate surface area is 112 Å². The number of nitrogens with one attached hydrogen (secondary N) is 1. The fraction of sp³-hybridized carbons (Fsp3) is 0.933. The predicted octanol–water partition coefficient (Wildman–Crippen LogP) is 2.69. The number of nitrogens with two attached hydrogens (primary N) is 1. The lowest BCUT2D eigenvalue weighted by Gasteiger charge is -2.33. The zero-order valence-corrected chi connectivity index (χ0v) is 12.4. The van der Waals surface area contributed by atoms with Gasteiger partial charge in [-0.05, 0) is 44.4 Å². The van der Waals surface area contributed by atoms with Crippen molar-refractivity contribution in [3.8, 4) is 0 Å². The van der Waals surface area contributed by atoms with Gasteiger partial charge in [-0.1, -0.05) is 27.2 Å². The highest BCUT2D eigenvalue weighted by atomic mass is 16.2. The predicted molar refractivity (Wildman–Crippen MR) is 76.2 cm³/mol. The Morgan fingerprint density at radius 1 is 1.28 bits per heavy atom. The first-order valence-corrected chi connectivity index (χ1v) is 7.47. The first-order chi connectivity index (χ1) is 8.41. The van der Waals surface area contributed by atoms with Crippen molar-refractivity contribution in [2.24, 2.45) is 23.5 Å². The van der Waals surface area contributed by atoms with E-state index in [1.54, 1.807) is 0 Å². The van der Waals surface area contributed by atoms with E-state index in [4.69, 9.17) is 5.73 Å². The van der Waals surface area contributed by atoms with Crippen LogP contribution in [0, 0.1) is 17.8 Å². The molecule has 0 radical (unpaired) electrons. The van der Waals surface area contributed by atoms with Crippen LogP contribution in [0.3, 0.4) is 0 Å². The summed E-state index contributed by atoms with van der Waals surface area (Å²) in [6.45, 7) is 8.69. The van der Waals surface area contributed by atoms with Crippen LogP contribution in [-0.2, 0) is 4.79 Å². The van der Waals surface area contributed by atoms with Crippen molar-refractivity contribution in [3.63, 3.8) is 0 Å². The third kappa shape index (κ3) is 4.60. The molecule has 0 aromatic carbocycles. The van der Waals surface area contributed by atoms with Crippen LogP contribution in [0.15, 0.2) is 0 Å². The molecular weight excluding hydrogens is 224 g/mol. The van der Waals surface area contributed by atoms with Gasteiger partial charge in [0.1, 0.15) is 0 Å². The second-order valence-corrected chi connectivity index (χ2v) is 6.47. The van der Waals surface area contributed by atoms with E-state index < -0.39 is 0 Å². The largest absolute Gasteiger partial charge is 0.353 e. The molecule has 18 heavy (non-hydrogen) atoms. The molecular formula is C15H30N2O. The summed E-state index contributed by atoms with van der Waals surface area (Å²) in [6, 6.07) is 0.306. The van der Waals surface area contributed by atoms with Crippen LogP contribution in [0.4, 0.5) is 0 Å². The number of carbonyl (C=O) groups is 1. The quantitative estimate of drug-likeness (QED) is 0.792. The fourth-order valence-corrected chi connectivity index (χ4v) is 2.75. The summed E-state index contributed by atoms with van der Waals surface area (Å²) >= 11 is 0. The minimum Gasteiger partial charge on any atom is -0.353 e. The maximum atomic E-state index is 12.2. The lowest BCUT2D eigenvalue weighted by molar-refractivity contribution is -0.127. The van der Waals surface area contributed by atoms with E-state index >= 15 is 0 Å². The first kappa shape index (κ1) is 15.5. The summed E-state index contributed by atoms with van der Waals surface area (Å²) in [7, 11) is 0. The van der Waals surface area contributed by atoms with E-state index in [0.29, 0.717) is 11.8 Å². The van der Waals surface area contributed by atoms with Crippen LogP contribution in [0.25, 0.3) is 0 Å². The smallest absolute Gasteiger partial charge is 0.224 e. The number of carbonyl (C=O) groups excluding carboxylic acids is 1. The topological polar surface area (TPSA) is 55.1 Å². The van der Waals surface area contributed by atoms with Crippen molar-refractivity contribution >= 4 is 5.91 Å². The minimum atomic E-state index is 0.0234. The van der Waals surface area contributed by atoms with Gasteiger partial charge in [-0.25, -0.2) is 0 Å². The van der Waals surface area contributed by atoms with Crippen molar-refractivity contribution < 1.29 is 4.79 Å². The van der Waals surface area contributed by atoms with Crippen molar-refractivity contribution in [2.75, 3.05) is 0 Å². The lowest BCUT2D eigenvalue weighted by atomic mass is 9.77. The second-order valence-electron chi connectivity index (χ2n) is 6.47. The van der Waals surface area contributed by atoms with E-state index in [-0.39, 0.29) is 23.9 Å². The van der Waals surface area contributed by atoms with Crippen LogP contribution < -0.4 is 11.1 Å². The molecule has 4 unspecified atom stereocenters. The molecule has 0 aliphatic heterocycles. The van der Waals surface area contributed by atoms with Gasteiger partial charge in [0, 0.05) is 12.1 Å². The summed E-state index contributed by atoms with van der Waals surface area (Å²) in [5.41, 5.74) is 6.16. The third-order valence-corrected chi connectivity index (χ3v) is 4.20. The van der Waals surface area contributed by atoms with Gasteiger partial charge in [-0.3, -0.25) is 4.79 Å². The van der Waals surface area contributed by atoms with Gasteiger partial charge in [-0.2, -0.15) is 0 Å². The Morgan fingerprint density at radius 3 is 2.56 bits per heavy atom. The molecule has 106 valence electrons. The van der Waals surface area contributed by atoms with E-state index in [1.165, 1.54) is 0 Å². The Balaban J connectivity index is 2.39. The summed E-state index contributed by atoms with van der Waals surface area (Å²) in [5.74, 6) is 1.36. The molecule has 1 aliphatic rings. The third-order valence-electron chi connectivity index (χ3n) is 4.20. The number of hydrogen-bond acceptors (Lipinski definition) is 2. The molecule has 0 spiro atoms. The molecule has 0 heterocycles. The Morgan fingerprint density at radius 2 is 1.94 bits per heavy atom. The highest BCUT2D eigenvalue weighted by Gasteiger charge is 2.33. The van der Waals surface area contributed by atoms with Gasteiger partial charge in [0.05, 0.1) is 5.92 Å². The van der Waals surface area contributed by atoms with Gasteiger partial charge < -0.3 is 11.1 Å². The van der Waals surface area contributed by atoms with Crippen LogP contribution >= 0.6 is 0 Å². The number of rotatable bonds is 5. The standard InChI is InChI=1S/C15H30N2O/c1-10(2)8-9-12(4)17-15(18)13-7-5-6-11(3)14(13)16/h10-14H,5-9,16H2,1-4H3,(H,17,18). The van der Waals surface area contributed by atoms with Gasteiger partial charge in [0.25, 0.3) is 0 Å². The van der Waals surface area contributed by atoms with Crippen molar-refractivity contribution in [1.29, 1.82) is 0 Å². The van der Waals surface area contributed by atoms with Gasteiger partial charge >= 0.3 is 0 Å². The molecule has 0 aromatic heterocycles. The molecule has 3 N–H and O–H groups in total. The van der Waals surface area contributed by atoms with E-state index in [0.717, 1.165) is 32.1 Å². The van der Waals surface area contributed by atoms with Gasteiger partial charge in [0.2, 0.25) is 5.91 Å². The SMILES string of the molecule is CC(C)CCC(C)NC(=O)C1CCCC(C)C1N. The molecule has 3 heteroatoms. The molecule has 0 bridgehead atoms. The zero-order valence-electron chi connectivity index (χ0n) is 12.4. The molecule has 3 nitrogen and oxygen atoms in total. The molecule has 0 saturated heterocycles. The maximum absolute atomic E-state index is 12.2. The maximum Gasteiger partial charge on any atom is 0.224 e. The van der Waals surface area contributed by atoms with Crippen LogP contribution in [0.5, 0.6) is 0 Å². The average molecular weight is 254 g/mol. The van der Waals surface area contributed by atoms with Crippen LogP contribution in [-0.4, -0.2) is 18.0 Å². The van der Waals surface area contributed by atoms with Crippen molar-refractivity contribution in [1.82, 2.24) is 5.32 Å². The fourth-order valence-electron chi connectivity index (χ4n) is 2.75. The minimum absolute atomic E-state index is 0.0234. The summed E-state index contributed by atoms with van der Waals surface area (Å²) in [5, 5.41) is 3.14. The van der Waals surface area contributed by atoms with E-state index in [1.807, 2.05) is 0 Å². The highest BCUT2D eigenvalue weighted by Crippen LogP contribution is 2.28. The Kier molecular flexibility index (Phi) is 6.13. The first-order valence-electron chi connectivity index (χ1n) is 7.47. The zero-order chi connectivity index (χ0) is 13.7. The average Bonchev–Trinajstić information content (AvgIpc) is 2.30. The number of amides is 1. The normalized spacial score (nSPS) is 30.2. The number of hydrogen-bond donors (Lipinski definition) is 2. The van der Waals surface area contributed by atoms with Crippen molar-refractivity contribution in [2.45, 2.75) is 71.9 Å². The Bertz CT molecular complexity index is 265. The lowest BCUT2D eigenvalue weighted by Crippen LogP contribution is -2.49. The Hall–Kier alpha value is -0.570.